The molecule has 0 amide bonds. The predicted octanol–water partition coefficient (Wildman–Crippen LogP) is 0.0595. The number of morpholine rings is 1. The van der Waals surface area contributed by atoms with Crippen LogP contribution in [0.2, 0.25) is 0 Å². The quantitative estimate of drug-likeness (QED) is 0.539. The van der Waals surface area contributed by atoms with Crippen LogP contribution in [0.5, 0.6) is 0 Å². The molecule has 2 unspecified atom stereocenters. The maximum absolute atomic E-state index is 5.71. The molecule has 6 heteroatoms. The number of ether oxygens (including phenoxy) is 5. The van der Waals surface area contributed by atoms with Gasteiger partial charge >= 0.3 is 0 Å². The van der Waals surface area contributed by atoms with Crippen LogP contribution in [0, 0.1) is 0 Å². The zero-order valence-corrected chi connectivity index (χ0v) is 12.1. The Hall–Kier alpha value is -0.240. The Balaban J connectivity index is 1.78. The summed E-state index contributed by atoms with van der Waals surface area (Å²) in [4.78, 5) is 0. The molecule has 1 aliphatic heterocycles. The molecule has 2 atom stereocenters. The second-order valence-corrected chi connectivity index (χ2v) is 4.52. The molecule has 1 N–H and O–H groups in total. The van der Waals surface area contributed by atoms with Gasteiger partial charge in [0.05, 0.1) is 58.5 Å². The highest BCUT2D eigenvalue weighted by Gasteiger charge is 2.18. The van der Waals surface area contributed by atoms with E-state index in [4.69, 9.17) is 23.7 Å². The maximum Gasteiger partial charge on any atom is 0.0936 e. The predicted molar refractivity (Wildman–Crippen MR) is 71.5 cm³/mol. The molecule has 114 valence electrons. The molecule has 0 radical (unpaired) electrons. The third kappa shape index (κ3) is 9.32. The van der Waals surface area contributed by atoms with Crippen LogP contribution >= 0.6 is 0 Å². The molecule has 1 rings (SSSR count). The molecule has 0 aromatic rings. The Bertz CT molecular complexity index is 205. The van der Waals surface area contributed by atoms with Gasteiger partial charge in [0, 0.05) is 20.2 Å². The molecule has 0 bridgehead atoms. The average molecular weight is 277 g/mol. The molecule has 1 heterocycles. The number of rotatable bonds is 11. The van der Waals surface area contributed by atoms with Crippen LogP contribution in [0.25, 0.3) is 0 Å². The van der Waals surface area contributed by atoms with Gasteiger partial charge in [0.25, 0.3) is 0 Å². The molecule has 0 aliphatic carbocycles. The standard InChI is InChI=1S/C13H27NO5/c1-12-9-14-10-13(19-12)11-18-8-7-17-6-5-16-4-3-15-2/h12-14H,3-11H2,1-2H3. The highest BCUT2D eigenvalue weighted by molar-refractivity contribution is 4.71. The Morgan fingerprint density at radius 2 is 1.58 bits per heavy atom. The molecular formula is C13H27NO5. The number of methoxy groups -OCH3 is 1. The summed E-state index contributed by atoms with van der Waals surface area (Å²) in [5.41, 5.74) is 0. The van der Waals surface area contributed by atoms with Crippen molar-refractivity contribution in [3.05, 3.63) is 0 Å². The van der Waals surface area contributed by atoms with E-state index in [1.165, 1.54) is 0 Å². The topological polar surface area (TPSA) is 58.2 Å². The summed E-state index contributed by atoms with van der Waals surface area (Å²) in [6.07, 6.45) is 0.420. The van der Waals surface area contributed by atoms with Gasteiger partial charge in [-0.1, -0.05) is 0 Å². The largest absolute Gasteiger partial charge is 0.382 e. The first-order valence-electron chi connectivity index (χ1n) is 6.91. The van der Waals surface area contributed by atoms with Crippen LogP contribution < -0.4 is 5.32 Å². The average Bonchev–Trinajstić information content (AvgIpc) is 2.41. The summed E-state index contributed by atoms with van der Waals surface area (Å²) in [6, 6.07) is 0. The summed E-state index contributed by atoms with van der Waals surface area (Å²) < 4.78 is 26.7. The maximum atomic E-state index is 5.71. The van der Waals surface area contributed by atoms with Crippen molar-refractivity contribution in [3.63, 3.8) is 0 Å². The van der Waals surface area contributed by atoms with Gasteiger partial charge in [-0.15, -0.1) is 0 Å². The van der Waals surface area contributed by atoms with Crippen LogP contribution in [0.3, 0.4) is 0 Å². The minimum Gasteiger partial charge on any atom is -0.382 e. The van der Waals surface area contributed by atoms with E-state index >= 15 is 0 Å². The molecule has 1 aliphatic rings. The van der Waals surface area contributed by atoms with Gasteiger partial charge in [-0.2, -0.15) is 0 Å². The van der Waals surface area contributed by atoms with Gasteiger partial charge in [0.15, 0.2) is 0 Å². The lowest BCUT2D eigenvalue weighted by molar-refractivity contribution is -0.0762. The lowest BCUT2D eigenvalue weighted by Gasteiger charge is -2.28. The normalized spacial score (nSPS) is 23.7. The molecule has 0 aromatic heterocycles. The zero-order valence-electron chi connectivity index (χ0n) is 12.1. The summed E-state index contributed by atoms with van der Waals surface area (Å²) in [5.74, 6) is 0. The fourth-order valence-electron chi connectivity index (χ4n) is 1.77. The second-order valence-electron chi connectivity index (χ2n) is 4.52. The molecule has 0 saturated carbocycles. The second kappa shape index (κ2) is 11.6. The zero-order chi connectivity index (χ0) is 13.8. The lowest BCUT2D eigenvalue weighted by atomic mass is 10.2. The van der Waals surface area contributed by atoms with Crippen molar-refractivity contribution in [2.24, 2.45) is 0 Å². The van der Waals surface area contributed by atoms with Crippen LogP contribution in [-0.4, -0.2) is 78.7 Å². The SMILES string of the molecule is COCCOCCOCCOCC1CNCC(C)O1. The van der Waals surface area contributed by atoms with Crippen molar-refractivity contribution >= 4 is 0 Å². The van der Waals surface area contributed by atoms with E-state index in [-0.39, 0.29) is 12.2 Å². The summed E-state index contributed by atoms with van der Waals surface area (Å²) in [7, 11) is 1.66. The van der Waals surface area contributed by atoms with Crippen molar-refractivity contribution in [3.8, 4) is 0 Å². The van der Waals surface area contributed by atoms with Crippen LogP contribution in [-0.2, 0) is 23.7 Å². The smallest absolute Gasteiger partial charge is 0.0936 e. The fraction of sp³-hybridized carbons (Fsp3) is 1.00. The van der Waals surface area contributed by atoms with Gasteiger partial charge < -0.3 is 29.0 Å². The Labute approximate surface area is 115 Å². The van der Waals surface area contributed by atoms with Crippen LogP contribution in [0.4, 0.5) is 0 Å². The van der Waals surface area contributed by atoms with E-state index in [1.807, 2.05) is 0 Å². The summed E-state index contributed by atoms with van der Waals surface area (Å²) in [5, 5.41) is 3.31. The molecule has 1 fully saturated rings. The van der Waals surface area contributed by atoms with Crippen LogP contribution in [0.15, 0.2) is 0 Å². The highest BCUT2D eigenvalue weighted by Crippen LogP contribution is 2.03. The first kappa shape index (κ1) is 16.8. The molecule has 0 spiro atoms. The van der Waals surface area contributed by atoms with Crippen molar-refractivity contribution in [2.75, 3.05) is 66.4 Å². The molecule has 6 nitrogen and oxygen atoms in total. The summed E-state index contributed by atoms with van der Waals surface area (Å²) in [6.45, 7) is 8.05. The molecule has 0 aromatic carbocycles. The summed E-state index contributed by atoms with van der Waals surface area (Å²) >= 11 is 0. The van der Waals surface area contributed by atoms with E-state index in [9.17, 15) is 0 Å². The monoisotopic (exact) mass is 277 g/mol. The van der Waals surface area contributed by atoms with Gasteiger partial charge in [-0.25, -0.2) is 0 Å². The number of hydrogen-bond acceptors (Lipinski definition) is 6. The minimum atomic E-state index is 0.154. The van der Waals surface area contributed by atoms with E-state index in [2.05, 4.69) is 12.2 Å². The Morgan fingerprint density at radius 1 is 0.947 bits per heavy atom. The van der Waals surface area contributed by atoms with Gasteiger partial charge in [-0.3, -0.25) is 0 Å². The third-order valence-corrected chi connectivity index (χ3v) is 2.71. The Morgan fingerprint density at radius 3 is 2.21 bits per heavy atom. The first-order valence-corrected chi connectivity index (χ1v) is 6.91. The van der Waals surface area contributed by atoms with Crippen LogP contribution in [0.1, 0.15) is 6.92 Å². The fourth-order valence-corrected chi connectivity index (χ4v) is 1.77. The van der Waals surface area contributed by atoms with Gasteiger partial charge in [0.1, 0.15) is 0 Å². The van der Waals surface area contributed by atoms with Crippen molar-refractivity contribution in [1.29, 1.82) is 0 Å². The molecular weight excluding hydrogens is 250 g/mol. The van der Waals surface area contributed by atoms with Gasteiger partial charge in [-0.05, 0) is 6.92 Å². The molecule has 19 heavy (non-hydrogen) atoms. The third-order valence-electron chi connectivity index (χ3n) is 2.71. The molecule has 1 saturated heterocycles. The van der Waals surface area contributed by atoms with E-state index in [1.54, 1.807) is 7.11 Å². The van der Waals surface area contributed by atoms with E-state index in [0.717, 1.165) is 13.1 Å². The van der Waals surface area contributed by atoms with E-state index in [0.29, 0.717) is 46.2 Å². The Kier molecular flexibility index (Phi) is 10.2. The number of hydrogen-bond donors (Lipinski definition) is 1. The first-order chi connectivity index (χ1) is 9.33. The van der Waals surface area contributed by atoms with Crippen molar-refractivity contribution in [2.45, 2.75) is 19.1 Å². The van der Waals surface area contributed by atoms with Gasteiger partial charge in [0.2, 0.25) is 0 Å². The lowest BCUT2D eigenvalue weighted by Crippen LogP contribution is -2.45. The number of nitrogens with one attached hydrogen (secondary N) is 1. The van der Waals surface area contributed by atoms with Crippen molar-refractivity contribution in [1.82, 2.24) is 5.32 Å². The van der Waals surface area contributed by atoms with E-state index < -0.39 is 0 Å². The minimum absolute atomic E-state index is 0.154. The van der Waals surface area contributed by atoms with Crippen molar-refractivity contribution < 1.29 is 23.7 Å². The highest BCUT2D eigenvalue weighted by atomic mass is 16.6.